The van der Waals surface area contributed by atoms with Crippen LogP contribution in [-0.4, -0.2) is 40.0 Å². The van der Waals surface area contributed by atoms with E-state index >= 15 is 0 Å². The topological polar surface area (TPSA) is 113 Å². The van der Waals surface area contributed by atoms with Crippen molar-refractivity contribution in [2.75, 3.05) is 6.54 Å². The van der Waals surface area contributed by atoms with Crippen LogP contribution in [0.25, 0.3) is 0 Å². The van der Waals surface area contributed by atoms with Gasteiger partial charge >= 0.3 is 11.9 Å². The average molecular weight is 457 g/mol. The van der Waals surface area contributed by atoms with E-state index < -0.39 is 23.4 Å². The molecule has 3 aromatic carbocycles. The first-order chi connectivity index (χ1) is 16.4. The Bertz CT molecular complexity index is 1180. The van der Waals surface area contributed by atoms with Crippen LogP contribution in [0.3, 0.4) is 0 Å². The van der Waals surface area contributed by atoms with Gasteiger partial charge in [-0.2, -0.15) is 0 Å². The molecule has 0 amide bonds. The number of ketones is 1. The van der Waals surface area contributed by atoms with Crippen LogP contribution < -0.4 is 10.1 Å². The molecule has 0 bridgehead atoms. The Morgan fingerprint density at radius 1 is 0.882 bits per heavy atom. The first-order valence-corrected chi connectivity index (χ1v) is 10.7. The molecule has 1 saturated heterocycles. The van der Waals surface area contributed by atoms with Crippen LogP contribution in [0.1, 0.15) is 23.5 Å². The van der Waals surface area contributed by atoms with Gasteiger partial charge in [0.25, 0.3) is 0 Å². The number of carbonyl (C=O) groups excluding carboxylic acids is 2. The molecule has 3 N–H and O–H groups in total. The lowest BCUT2D eigenvalue weighted by molar-refractivity contribution is -0.156. The summed E-state index contributed by atoms with van der Waals surface area (Å²) in [5.74, 6) is -3.06. The van der Waals surface area contributed by atoms with Crippen molar-refractivity contribution in [3.05, 3.63) is 108 Å². The quantitative estimate of drug-likeness (QED) is 0.216. The van der Waals surface area contributed by atoms with E-state index in [1.54, 1.807) is 0 Å². The minimum Gasteiger partial charge on any atom is -0.508 e. The van der Waals surface area contributed by atoms with Crippen LogP contribution in [0.15, 0.2) is 96.6 Å². The van der Waals surface area contributed by atoms with Gasteiger partial charge in [0.2, 0.25) is 5.54 Å². The number of esters is 1. The first-order valence-electron chi connectivity index (χ1n) is 10.7. The van der Waals surface area contributed by atoms with Gasteiger partial charge in [0.15, 0.2) is 5.78 Å². The zero-order chi connectivity index (χ0) is 24.1. The minimum atomic E-state index is -2.01. The molecule has 34 heavy (non-hydrogen) atoms. The number of carboxylic acid groups (broad SMARTS) is 1. The Balaban J connectivity index is 1.59. The predicted molar refractivity (Wildman–Crippen MR) is 125 cm³/mol. The van der Waals surface area contributed by atoms with Gasteiger partial charge in [0.05, 0.1) is 5.92 Å². The summed E-state index contributed by atoms with van der Waals surface area (Å²) in [4.78, 5) is 38.3. The van der Waals surface area contributed by atoms with Crippen molar-refractivity contribution in [1.82, 2.24) is 5.32 Å². The molecule has 1 aliphatic heterocycles. The van der Waals surface area contributed by atoms with Crippen LogP contribution in [-0.2, 0) is 14.4 Å². The van der Waals surface area contributed by atoms with Gasteiger partial charge in [0, 0.05) is 13.0 Å². The first kappa shape index (κ1) is 22.9. The maximum absolute atomic E-state index is 13.4. The number of phenols is 1. The molecule has 1 atom stereocenters. The molecule has 0 saturated carbocycles. The smallest absolute Gasteiger partial charge is 0.343 e. The number of carboxylic acids is 1. The molecule has 0 aromatic heterocycles. The largest absolute Gasteiger partial charge is 0.508 e. The van der Waals surface area contributed by atoms with Crippen molar-refractivity contribution in [2.45, 2.75) is 17.9 Å². The molecule has 3 aromatic rings. The van der Waals surface area contributed by atoms with Crippen molar-refractivity contribution in [1.29, 1.82) is 0 Å². The van der Waals surface area contributed by atoms with Crippen molar-refractivity contribution < 1.29 is 29.3 Å². The second-order valence-electron chi connectivity index (χ2n) is 8.08. The molecule has 1 fully saturated rings. The molecular weight excluding hydrogens is 434 g/mol. The molecule has 1 unspecified atom stereocenters. The zero-order valence-electron chi connectivity index (χ0n) is 18.2. The molecule has 7 heteroatoms. The highest BCUT2D eigenvalue weighted by Gasteiger charge is 2.52. The zero-order valence-corrected chi connectivity index (χ0v) is 18.2. The lowest BCUT2D eigenvalue weighted by Crippen LogP contribution is -2.56. The fourth-order valence-corrected chi connectivity index (χ4v) is 4.02. The molecule has 1 aliphatic rings. The van der Waals surface area contributed by atoms with Crippen molar-refractivity contribution in [2.24, 2.45) is 0 Å². The number of phenolic OH excluding ortho intramolecular Hbond substituents is 1. The number of carbonyl (C=O) groups is 3. The van der Waals surface area contributed by atoms with E-state index in [1.807, 2.05) is 60.7 Å². The number of nitrogens with one attached hydrogen (secondary N) is 1. The fraction of sp³-hybridized carbons (Fsp3) is 0.148. The number of hydrogen-bond acceptors (Lipinski definition) is 6. The fourth-order valence-electron chi connectivity index (χ4n) is 4.02. The minimum absolute atomic E-state index is 0.0122. The summed E-state index contributed by atoms with van der Waals surface area (Å²) in [5, 5.41) is 22.0. The van der Waals surface area contributed by atoms with E-state index in [9.17, 15) is 24.6 Å². The van der Waals surface area contributed by atoms with E-state index in [1.165, 1.54) is 30.3 Å². The lowest BCUT2D eigenvalue weighted by Gasteiger charge is -2.21. The standard InChI is InChI=1S/C27H23NO6/c29-21-11-13-22(14-12-21)34-26(33)27(25(31)32)16-18(17-28-27)15-23(30)24(19-7-3-1-4-8-19)20-9-5-2-6-10-20/h1-15,24,28-29H,16-17H2,(H,31,32)/b18-15+. The van der Waals surface area contributed by atoms with E-state index in [4.69, 9.17) is 4.74 Å². The van der Waals surface area contributed by atoms with Crippen molar-refractivity contribution >= 4 is 17.7 Å². The van der Waals surface area contributed by atoms with Gasteiger partial charge in [-0.3, -0.25) is 10.1 Å². The summed E-state index contributed by atoms with van der Waals surface area (Å²) in [5.41, 5.74) is 0.112. The van der Waals surface area contributed by atoms with E-state index in [0.717, 1.165) is 11.1 Å². The number of benzene rings is 3. The monoisotopic (exact) mass is 457 g/mol. The van der Waals surface area contributed by atoms with Crippen LogP contribution in [0, 0.1) is 0 Å². The second kappa shape index (κ2) is 9.72. The van der Waals surface area contributed by atoms with Gasteiger partial charge in [-0.15, -0.1) is 0 Å². The Hall–Kier alpha value is -4.23. The Labute approximate surface area is 196 Å². The number of aromatic hydroxyl groups is 1. The molecule has 0 aliphatic carbocycles. The Morgan fingerprint density at radius 3 is 1.97 bits per heavy atom. The Morgan fingerprint density at radius 2 is 1.44 bits per heavy atom. The number of hydrogen-bond donors (Lipinski definition) is 3. The summed E-state index contributed by atoms with van der Waals surface area (Å²) in [6, 6.07) is 24.1. The third kappa shape index (κ3) is 4.74. The van der Waals surface area contributed by atoms with E-state index in [2.05, 4.69) is 5.32 Å². The third-order valence-corrected chi connectivity index (χ3v) is 5.77. The maximum atomic E-state index is 13.4. The van der Waals surface area contributed by atoms with Crippen LogP contribution >= 0.6 is 0 Å². The molecular formula is C27H23NO6. The normalized spacial score (nSPS) is 18.7. The Kier molecular flexibility index (Phi) is 6.56. The van der Waals surface area contributed by atoms with Gasteiger partial charge in [0.1, 0.15) is 11.5 Å². The van der Waals surface area contributed by atoms with E-state index in [-0.39, 0.29) is 30.2 Å². The number of rotatable bonds is 7. The number of ether oxygens (including phenoxy) is 1. The van der Waals surface area contributed by atoms with Crippen LogP contribution in [0.5, 0.6) is 11.5 Å². The highest BCUT2D eigenvalue weighted by molar-refractivity contribution is 6.06. The van der Waals surface area contributed by atoms with Gasteiger partial charge in [-0.05, 0) is 47.0 Å². The summed E-state index contributed by atoms with van der Waals surface area (Å²) in [6.07, 6.45) is 1.22. The van der Waals surface area contributed by atoms with Gasteiger partial charge in [-0.1, -0.05) is 60.7 Å². The SMILES string of the molecule is O=C(/C=C1/CNC(C(=O)O)(C(=O)Oc2ccc(O)cc2)C1)C(c1ccccc1)c1ccccc1. The third-order valence-electron chi connectivity index (χ3n) is 5.77. The van der Waals surface area contributed by atoms with Gasteiger partial charge in [-0.25, -0.2) is 9.59 Å². The average Bonchev–Trinajstić information content (AvgIpc) is 3.27. The molecule has 172 valence electrons. The van der Waals surface area contributed by atoms with E-state index in [0.29, 0.717) is 5.57 Å². The van der Waals surface area contributed by atoms with Crippen LogP contribution in [0.4, 0.5) is 0 Å². The summed E-state index contributed by atoms with van der Waals surface area (Å²) < 4.78 is 5.25. The summed E-state index contributed by atoms with van der Waals surface area (Å²) in [6.45, 7) is 0.0546. The molecule has 0 radical (unpaired) electrons. The number of aliphatic carboxylic acids is 1. The molecule has 0 spiro atoms. The molecule has 1 heterocycles. The molecule has 4 rings (SSSR count). The summed E-state index contributed by atoms with van der Waals surface area (Å²) in [7, 11) is 0. The second-order valence-corrected chi connectivity index (χ2v) is 8.08. The number of allylic oxidation sites excluding steroid dienone is 1. The van der Waals surface area contributed by atoms with Crippen molar-refractivity contribution in [3.63, 3.8) is 0 Å². The molecule has 7 nitrogen and oxygen atoms in total. The summed E-state index contributed by atoms with van der Waals surface area (Å²) >= 11 is 0. The highest BCUT2D eigenvalue weighted by Crippen LogP contribution is 2.30. The lowest BCUT2D eigenvalue weighted by atomic mass is 9.86. The van der Waals surface area contributed by atoms with Crippen molar-refractivity contribution in [3.8, 4) is 11.5 Å². The van der Waals surface area contributed by atoms with Gasteiger partial charge < -0.3 is 14.9 Å². The van der Waals surface area contributed by atoms with Crippen LogP contribution in [0.2, 0.25) is 0 Å². The highest BCUT2D eigenvalue weighted by atomic mass is 16.5. The maximum Gasteiger partial charge on any atom is 0.343 e. The predicted octanol–water partition coefficient (Wildman–Crippen LogP) is 3.44.